The van der Waals surface area contributed by atoms with Gasteiger partial charge in [0.25, 0.3) is 5.92 Å². The second kappa shape index (κ2) is 6.12. The van der Waals surface area contributed by atoms with Crippen LogP contribution in [0.5, 0.6) is 0 Å². The topological polar surface area (TPSA) is 26.0 Å². The molecule has 0 aromatic heterocycles. The van der Waals surface area contributed by atoms with Crippen LogP contribution in [0.25, 0.3) is 0 Å². The number of rotatable bonds is 6. The van der Waals surface area contributed by atoms with Gasteiger partial charge in [0.05, 0.1) is 0 Å². The van der Waals surface area contributed by atoms with E-state index in [2.05, 4.69) is 0 Å². The molecule has 0 bridgehead atoms. The van der Waals surface area contributed by atoms with Crippen molar-refractivity contribution in [2.75, 3.05) is 6.54 Å². The lowest BCUT2D eigenvalue weighted by Crippen LogP contribution is -2.12. The monoisotopic (exact) mass is 177 g/mol. The van der Waals surface area contributed by atoms with Gasteiger partial charge in [-0.3, -0.25) is 0 Å². The van der Waals surface area contributed by atoms with Crippen molar-refractivity contribution in [3.05, 3.63) is 12.2 Å². The van der Waals surface area contributed by atoms with Gasteiger partial charge in [-0.25, -0.2) is 8.78 Å². The third kappa shape index (κ3) is 6.28. The van der Waals surface area contributed by atoms with Crippen molar-refractivity contribution in [3.8, 4) is 0 Å². The van der Waals surface area contributed by atoms with Gasteiger partial charge in [0, 0.05) is 13.0 Å². The highest BCUT2D eigenvalue weighted by Crippen LogP contribution is 2.22. The van der Waals surface area contributed by atoms with E-state index in [1.807, 2.05) is 6.92 Å². The van der Waals surface area contributed by atoms with Crippen LogP contribution in [-0.2, 0) is 0 Å². The lowest BCUT2D eigenvalue weighted by molar-refractivity contribution is 0.0426. The highest BCUT2D eigenvalue weighted by atomic mass is 19.3. The summed E-state index contributed by atoms with van der Waals surface area (Å²) in [5, 5.41) is 0. The maximum atomic E-state index is 12.8. The van der Waals surface area contributed by atoms with Crippen LogP contribution in [0.2, 0.25) is 0 Å². The summed E-state index contributed by atoms with van der Waals surface area (Å²) in [7, 11) is 0. The predicted molar refractivity (Wildman–Crippen MR) is 47.3 cm³/mol. The highest BCUT2D eigenvalue weighted by Gasteiger charge is 2.23. The van der Waals surface area contributed by atoms with Crippen LogP contribution >= 0.6 is 0 Å². The predicted octanol–water partition coefficient (Wildman–Crippen LogP) is 2.72. The first-order valence-corrected chi connectivity index (χ1v) is 4.38. The molecule has 3 heteroatoms. The zero-order chi connectivity index (χ0) is 9.45. The molecule has 72 valence electrons. The molecular weight excluding hydrogens is 160 g/mol. The molecule has 0 aromatic rings. The van der Waals surface area contributed by atoms with Gasteiger partial charge >= 0.3 is 0 Å². The molecule has 0 aromatic carbocycles. The summed E-state index contributed by atoms with van der Waals surface area (Å²) >= 11 is 0. The Balaban J connectivity index is 3.63. The molecule has 0 aliphatic heterocycles. The second-order valence-electron chi connectivity index (χ2n) is 2.86. The normalized spacial score (nSPS) is 12.7. The Kier molecular flexibility index (Phi) is 5.89. The summed E-state index contributed by atoms with van der Waals surface area (Å²) in [5.41, 5.74) is 5.07. The van der Waals surface area contributed by atoms with Crippen molar-refractivity contribution >= 4 is 0 Å². The number of nitrogens with two attached hydrogens (primary N) is 1. The molecule has 0 saturated heterocycles. The van der Waals surface area contributed by atoms with E-state index >= 15 is 0 Å². The molecule has 0 rings (SSSR count). The summed E-state index contributed by atoms with van der Waals surface area (Å²) in [6.45, 7) is 2.18. The van der Waals surface area contributed by atoms with Crippen molar-refractivity contribution in [3.63, 3.8) is 0 Å². The van der Waals surface area contributed by atoms with E-state index in [-0.39, 0.29) is 13.0 Å². The zero-order valence-electron chi connectivity index (χ0n) is 7.52. The van der Waals surface area contributed by atoms with Gasteiger partial charge < -0.3 is 5.73 Å². The summed E-state index contributed by atoms with van der Waals surface area (Å²) in [6.07, 6.45) is 4.58. The second-order valence-corrected chi connectivity index (χ2v) is 2.86. The van der Waals surface area contributed by atoms with Crippen molar-refractivity contribution in [2.45, 2.75) is 38.5 Å². The number of allylic oxidation sites excluding steroid dienone is 1. The largest absolute Gasteiger partial charge is 0.327 e. The van der Waals surface area contributed by atoms with E-state index in [1.165, 1.54) is 6.08 Å². The molecule has 0 radical (unpaired) electrons. The SMILES string of the molecule is CCCCCC(F)(F)C=CCN. The number of unbranched alkanes of at least 4 members (excludes halogenated alkanes) is 2. The lowest BCUT2D eigenvalue weighted by atomic mass is 10.1. The van der Waals surface area contributed by atoms with Crippen LogP contribution in [0, 0.1) is 0 Å². The minimum absolute atomic E-state index is 0.0582. The molecule has 0 aliphatic carbocycles. The third-order valence-corrected chi connectivity index (χ3v) is 1.61. The van der Waals surface area contributed by atoms with Crippen LogP contribution in [0.1, 0.15) is 32.6 Å². The van der Waals surface area contributed by atoms with Gasteiger partial charge in [0.1, 0.15) is 0 Å². The highest BCUT2D eigenvalue weighted by molar-refractivity contribution is 4.94. The molecular formula is C9H17F2N. The zero-order valence-corrected chi connectivity index (χ0v) is 7.52. The van der Waals surface area contributed by atoms with E-state index in [1.54, 1.807) is 0 Å². The van der Waals surface area contributed by atoms with Crippen molar-refractivity contribution in [1.82, 2.24) is 0 Å². The van der Waals surface area contributed by atoms with E-state index < -0.39 is 5.92 Å². The Bertz CT molecular complexity index is 132. The molecule has 0 amide bonds. The van der Waals surface area contributed by atoms with Crippen molar-refractivity contribution in [1.29, 1.82) is 0 Å². The van der Waals surface area contributed by atoms with Crippen LogP contribution in [0.4, 0.5) is 8.78 Å². The Labute approximate surface area is 72.6 Å². The van der Waals surface area contributed by atoms with Crippen LogP contribution in [0.3, 0.4) is 0 Å². The summed E-state index contributed by atoms with van der Waals surface area (Å²) in [5.74, 6) is -2.66. The van der Waals surface area contributed by atoms with E-state index in [9.17, 15) is 8.78 Å². The summed E-state index contributed by atoms with van der Waals surface area (Å²) < 4.78 is 25.6. The molecule has 0 unspecified atom stereocenters. The molecule has 2 N–H and O–H groups in total. The summed E-state index contributed by atoms with van der Waals surface area (Å²) in [6, 6.07) is 0. The Hall–Kier alpha value is -0.440. The molecule has 0 atom stereocenters. The molecule has 0 heterocycles. The number of alkyl halides is 2. The number of hydrogen-bond donors (Lipinski definition) is 1. The van der Waals surface area contributed by atoms with Gasteiger partial charge in [0.2, 0.25) is 0 Å². The van der Waals surface area contributed by atoms with Gasteiger partial charge in [0.15, 0.2) is 0 Å². The molecule has 0 spiro atoms. The van der Waals surface area contributed by atoms with Crippen molar-refractivity contribution < 1.29 is 8.78 Å². The molecule has 0 saturated carbocycles. The Morgan fingerprint density at radius 1 is 1.33 bits per heavy atom. The van der Waals surface area contributed by atoms with Gasteiger partial charge in [-0.1, -0.05) is 25.8 Å². The maximum absolute atomic E-state index is 12.8. The van der Waals surface area contributed by atoms with Crippen molar-refractivity contribution in [2.24, 2.45) is 5.73 Å². The minimum atomic E-state index is -2.66. The summed E-state index contributed by atoms with van der Waals surface area (Å²) in [4.78, 5) is 0. The molecule has 1 nitrogen and oxygen atoms in total. The van der Waals surface area contributed by atoms with E-state index in [0.717, 1.165) is 18.9 Å². The first kappa shape index (κ1) is 11.6. The fourth-order valence-electron chi connectivity index (χ4n) is 0.934. The quantitative estimate of drug-likeness (QED) is 0.490. The third-order valence-electron chi connectivity index (χ3n) is 1.61. The molecule has 0 aliphatic rings. The fourth-order valence-corrected chi connectivity index (χ4v) is 0.934. The molecule has 0 fully saturated rings. The lowest BCUT2D eigenvalue weighted by Gasteiger charge is -2.10. The first-order valence-electron chi connectivity index (χ1n) is 4.38. The van der Waals surface area contributed by atoms with Crippen LogP contribution in [-0.4, -0.2) is 12.5 Å². The van der Waals surface area contributed by atoms with Gasteiger partial charge in [-0.05, 0) is 12.5 Å². The van der Waals surface area contributed by atoms with Gasteiger partial charge in [-0.15, -0.1) is 0 Å². The molecule has 12 heavy (non-hydrogen) atoms. The minimum Gasteiger partial charge on any atom is -0.327 e. The Morgan fingerprint density at radius 3 is 2.50 bits per heavy atom. The average Bonchev–Trinajstić information content (AvgIpc) is 2.01. The van der Waals surface area contributed by atoms with Gasteiger partial charge in [-0.2, -0.15) is 0 Å². The average molecular weight is 177 g/mol. The van der Waals surface area contributed by atoms with E-state index in [4.69, 9.17) is 5.73 Å². The van der Waals surface area contributed by atoms with E-state index in [0.29, 0.717) is 6.42 Å². The standard InChI is InChI=1S/C9H17F2N/c1-2-3-4-6-9(10,11)7-5-8-12/h5,7H,2-4,6,8,12H2,1H3. The number of halogens is 2. The smallest absolute Gasteiger partial charge is 0.266 e. The van der Waals surface area contributed by atoms with Crippen LogP contribution < -0.4 is 5.73 Å². The number of hydrogen-bond acceptors (Lipinski definition) is 1. The Morgan fingerprint density at radius 2 is 2.00 bits per heavy atom. The van der Waals surface area contributed by atoms with Crippen LogP contribution in [0.15, 0.2) is 12.2 Å². The fraction of sp³-hybridized carbons (Fsp3) is 0.778. The first-order chi connectivity index (χ1) is 5.62. The maximum Gasteiger partial charge on any atom is 0.266 e.